The first-order valence-electron chi connectivity index (χ1n) is 17.8. The number of carbonyl (C=O) groups excluding carboxylic acids is 3. The molecule has 0 radical (unpaired) electrons. The lowest BCUT2D eigenvalue weighted by atomic mass is 9.95. The summed E-state index contributed by atoms with van der Waals surface area (Å²) < 4.78 is -0.618. The molecule has 1 aromatic heterocycles. The molecular formula is C36H57N7O5S. The number of β-lactam (4-membered cyclic amide) rings is 1. The number of carbonyl (C=O) groups is 4. The highest BCUT2D eigenvalue weighted by atomic mass is 32.2. The van der Waals surface area contributed by atoms with Crippen LogP contribution in [0.4, 0.5) is 5.95 Å². The van der Waals surface area contributed by atoms with Gasteiger partial charge in [0.25, 0.3) is 0 Å². The van der Waals surface area contributed by atoms with Crippen molar-refractivity contribution in [3.8, 4) is 0 Å². The molecule has 0 saturated carbocycles. The maximum Gasteiger partial charge on any atom is 0.327 e. The predicted octanol–water partition coefficient (Wildman–Crippen LogP) is 5.06. The average molecular weight is 700 g/mol. The van der Waals surface area contributed by atoms with Gasteiger partial charge in [-0.25, -0.2) is 9.78 Å². The maximum atomic E-state index is 12.3. The number of rotatable bonds is 19. The maximum absolute atomic E-state index is 12.3. The molecule has 4 rings (SSSR count). The molecular weight excluding hydrogens is 643 g/mol. The van der Waals surface area contributed by atoms with Crippen molar-refractivity contribution in [2.45, 2.75) is 145 Å². The van der Waals surface area contributed by atoms with Gasteiger partial charge < -0.3 is 37.1 Å². The van der Waals surface area contributed by atoms with Crippen molar-refractivity contribution < 1.29 is 24.3 Å². The van der Waals surface area contributed by atoms with Crippen molar-refractivity contribution in [2.75, 3.05) is 5.73 Å². The van der Waals surface area contributed by atoms with E-state index < -0.39 is 34.7 Å². The summed E-state index contributed by atoms with van der Waals surface area (Å²) in [6.45, 7) is 8.04. The van der Waals surface area contributed by atoms with E-state index in [1.807, 2.05) is 6.07 Å². The number of carboxylic acids is 1. The minimum Gasteiger partial charge on any atom is -0.480 e. The van der Waals surface area contributed by atoms with Crippen LogP contribution in [-0.2, 0) is 25.6 Å². The fraction of sp³-hybridized carbons (Fsp3) is 0.639. The topological polar surface area (TPSA) is 197 Å². The molecule has 2 fully saturated rings. The van der Waals surface area contributed by atoms with Crippen LogP contribution in [0.2, 0.25) is 0 Å². The zero-order valence-electron chi connectivity index (χ0n) is 29.6. The van der Waals surface area contributed by atoms with E-state index in [9.17, 15) is 24.3 Å². The molecule has 0 aliphatic carbocycles. The van der Waals surface area contributed by atoms with E-state index in [0.717, 1.165) is 31.4 Å². The van der Waals surface area contributed by atoms with Gasteiger partial charge in [0.05, 0.1) is 6.20 Å². The zero-order chi connectivity index (χ0) is 36.0. The minimum absolute atomic E-state index is 0.184. The number of thioether (sulfide) groups is 1. The normalized spacial score (nSPS) is 19.8. The second kappa shape index (κ2) is 19.6. The number of hydrogen-bond acceptors (Lipinski definition) is 8. The molecule has 2 saturated heterocycles. The Hall–Kier alpha value is -3.58. The molecule has 49 heavy (non-hydrogen) atoms. The first-order chi connectivity index (χ1) is 23.4. The molecule has 2 aliphatic heterocycles. The van der Waals surface area contributed by atoms with Crippen LogP contribution in [0.5, 0.6) is 0 Å². The fourth-order valence-electron chi connectivity index (χ4n) is 6.37. The number of nitrogens with two attached hydrogens (primary N) is 2. The zero-order valence-corrected chi connectivity index (χ0v) is 30.4. The molecule has 3 heterocycles. The first-order valence-corrected chi connectivity index (χ1v) is 18.7. The number of hydrogen-bond donors (Lipinski definition) is 6. The lowest BCUT2D eigenvalue weighted by Gasteiger charge is -2.43. The molecule has 13 heteroatoms. The summed E-state index contributed by atoms with van der Waals surface area (Å²) in [7, 11) is 0. The minimum atomic E-state index is -1.03. The Kier molecular flexibility index (Phi) is 15.9. The van der Waals surface area contributed by atoms with Gasteiger partial charge in [0.1, 0.15) is 23.5 Å². The summed E-state index contributed by atoms with van der Waals surface area (Å²) in [5, 5.41) is 14.9. The Balaban J connectivity index is 0.000000265. The monoisotopic (exact) mass is 699 g/mol. The van der Waals surface area contributed by atoms with E-state index in [-0.39, 0.29) is 17.2 Å². The third kappa shape index (κ3) is 11.8. The number of H-pyrrole nitrogens is 1. The molecule has 0 spiro atoms. The van der Waals surface area contributed by atoms with E-state index in [4.69, 9.17) is 11.5 Å². The van der Waals surface area contributed by atoms with Crippen LogP contribution >= 0.6 is 11.8 Å². The smallest absolute Gasteiger partial charge is 0.327 e. The number of aromatic amines is 1. The Morgan fingerprint density at radius 1 is 1.02 bits per heavy atom. The van der Waals surface area contributed by atoms with E-state index in [1.165, 1.54) is 68.0 Å². The van der Waals surface area contributed by atoms with Crippen molar-refractivity contribution in [3.05, 3.63) is 47.8 Å². The number of carboxylic acid groups (broad SMARTS) is 1. The van der Waals surface area contributed by atoms with Crippen LogP contribution in [0.3, 0.4) is 0 Å². The van der Waals surface area contributed by atoms with Crippen molar-refractivity contribution in [1.29, 1.82) is 0 Å². The fourth-order valence-corrected chi connectivity index (χ4v) is 7.99. The Labute approximate surface area is 295 Å². The van der Waals surface area contributed by atoms with Crippen molar-refractivity contribution >= 4 is 41.4 Å². The van der Waals surface area contributed by atoms with Crippen LogP contribution in [0.1, 0.15) is 122 Å². The number of benzene rings is 1. The highest BCUT2D eigenvalue weighted by Gasteiger charge is 2.64. The van der Waals surface area contributed by atoms with Crippen molar-refractivity contribution in [1.82, 2.24) is 25.5 Å². The molecule has 1 aromatic carbocycles. The quantitative estimate of drug-likeness (QED) is 0.0858. The largest absolute Gasteiger partial charge is 0.480 e. The van der Waals surface area contributed by atoms with E-state index in [1.54, 1.807) is 44.3 Å². The molecule has 0 bridgehead atoms. The number of aromatic nitrogens is 2. The highest BCUT2D eigenvalue weighted by Crippen LogP contribution is 2.50. The lowest BCUT2D eigenvalue weighted by Crippen LogP contribution is -2.71. The van der Waals surface area contributed by atoms with E-state index in [2.05, 4.69) is 34.4 Å². The second-order valence-corrected chi connectivity index (χ2v) is 15.4. The van der Waals surface area contributed by atoms with Crippen LogP contribution in [0, 0.1) is 0 Å². The van der Waals surface area contributed by atoms with Crippen LogP contribution < -0.4 is 22.1 Å². The number of nitrogens with zero attached hydrogens (tertiary/aromatic N) is 2. The number of nitrogens with one attached hydrogen (secondary N) is 3. The summed E-state index contributed by atoms with van der Waals surface area (Å²) in [5.74, 6) is -1.23. The van der Waals surface area contributed by atoms with Gasteiger partial charge in [0, 0.05) is 22.9 Å². The summed E-state index contributed by atoms with van der Waals surface area (Å²) in [5.41, 5.74) is 13.2. The van der Waals surface area contributed by atoms with Crippen LogP contribution in [-0.4, -0.2) is 71.9 Å². The summed E-state index contributed by atoms with van der Waals surface area (Å²) in [6, 6.07) is 6.73. The van der Waals surface area contributed by atoms with Gasteiger partial charge in [-0.2, -0.15) is 0 Å². The Morgan fingerprint density at radius 3 is 2.20 bits per heavy atom. The van der Waals surface area contributed by atoms with Crippen molar-refractivity contribution in [2.24, 2.45) is 5.73 Å². The first kappa shape index (κ1) is 39.9. The molecule has 2 aromatic rings. The number of anilines is 1. The van der Waals surface area contributed by atoms with Crippen LogP contribution in [0.15, 0.2) is 36.5 Å². The molecule has 4 atom stereocenters. The molecule has 2 aliphatic rings. The number of amides is 3. The second-order valence-electron chi connectivity index (χ2n) is 13.6. The molecule has 8 N–H and O–H groups in total. The van der Waals surface area contributed by atoms with Gasteiger partial charge in [-0.1, -0.05) is 95.5 Å². The lowest BCUT2D eigenvalue weighted by molar-refractivity contribution is -0.161. The Bertz CT molecular complexity index is 1340. The number of fused-ring (bicyclic) bond motifs is 1. The molecule has 12 nitrogen and oxygen atoms in total. The van der Waals surface area contributed by atoms with Gasteiger partial charge in [-0.3, -0.25) is 14.4 Å². The van der Waals surface area contributed by atoms with Crippen molar-refractivity contribution in [3.63, 3.8) is 0 Å². The number of aryl methyl sites for hydroxylation is 1. The standard InChI is InChI=1S/C20H38N4O.C16H19N3O4S/c1-3-5-7-9-12-17(13-10-8-6-4-2)23-19(25)15-11-14-18-16-22-20(21)24-18;1-16(2)11(15(22)23)19-13(21)10(14(19)24-16)18-12(20)9(17)8-6-4-3-5-7-8/h16-17H,3-15H2,1-2H3,(H,23,25)(H3,21,22,24);3-7,9-11,14H,17H2,1-2H3,(H,18,20)(H,22,23)/t;9-,10-,11+,14-/m.1/s1. The third-order valence-electron chi connectivity index (χ3n) is 9.09. The summed E-state index contributed by atoms with van der Waals surface area (Å²) in [6.07, 6.45) is 16.3. The van der Waals surface area contributed by atoms with Gasteiger partial charge in [-0.15, -0.1) is 11.8 Å². The highest BCUT2D eigenvalue weighted by molar-refractivity contribution is 8.01. The third-order valence-corrected chi connectivity index (χ3v) is 10.7. The Morgan fingerprint density at radius 2 is 1.65 bits per heavy atom. The molecule has 3 amide bonds. The number of aliphatic carboxylic acids is 1. The van der Waals surface area contributed by atoms with Gasteiger partial charge in [-0.05, 0) is 45.1 Å². The molecule has 0 unspecified atom stereocenters. The summed E-state index contributed by atoms with van der Waals surface area (Å²) >= 11 is 1.38. The predicted molar refractivity (Wildman–Crippen MR) is 194 cm³/mol. The van der Waals surface area contributed by atoms with E-state index >= 15 is 0 Å². The number of unbranched alkanes of at least 4 members (excludes halogenated alkanes) is 6. The van der Waals surface area contributed by atoms with E-state index in [0.29, 0.717) is 24.0 Å². The molecule has 272 valence electrons. The SMILES string of the molecule is CC1(C)S[C@@H]2[C@H](NC(=O)[C@H](N)c3ccccc3)C(=O)N2[C@H]1C(=O)O.CCCCCCC(CCCCCC)NC(=O)CCCc1cnc(N)[nH]1. The van der Waals surface area contributed by atoms with Gasteiger partial charge >= 0.3 is 5.97 Å². The van der Waals surface area contributed by atoms with Gasteiger partial charge in [0.15, 0.2) is 5.95 Å². The summed E-state index contributed by atoms with van der Waals surface area (Å²) in [4.78, 5) is 56.7. The average Bonchev–Trinajstić information content (AvgIpc) is 3.60. The van der Waals surface area contributed by atoms with Crippen LogP contribution in [0.25, 0.3) is 0 Å². The number of imidazole rings is 1. The van der Waals surface area contributed by atoms with Gasteiger partial charge in [0.2, 0.25) is 17.7 Å². The number of nitrogen functional groups attached to an aromatic ring is 1.